The molecule has 0 saturated carbocycles. The van der Waals surface area contributed by atoms with Crippen molar-refractivity contribution in [2.75, 3.05) is 5.32 Å². The Balaban J connectivity index is 2.26. The highest BCUT2D eigenvalue weighted by Crippen LogP contribution is 2.21. The number of carbonyl (C=O) groups is 1. The van der Waals surface area contributed by atoms with Gasteiger partial charge in [0.1, 0.15) is 5.82 Å². The smallest absolute Gasteiger partial charge is 0.305 e. The van der Waals surface area contributed by atoms with Crippen molar-refractivity contribution in [2.24, 2.45) is 0 Å². The molecule has 1 amide bonds. The molecule has 0 fully saturated rings. The van der Waals surface area contributed by atoms with Crippen molar-refractivity contribution in [1.82, 2.24) is 0 Å². The van der Waals surface area contributed by atoms with Gasteiger partial charge in [0.05, 0.1) is 9.95 Å². The van der Waals surface area contributed by atoms with Crippen LogP contribution in [0.2, 0.25) is 5.02 Å². The minimum absolute atomic E-state index is 0.106. The van der Waals surface area contributed by atoms with Gasteiger partial charge in [0, 0.05) is 17.3 Å². The Kier molecular flexibility index (Phi) is 4.13. The molecule has 0 aliphatic rings. The van der Waals surface area contributed by atoms with E-state index in [1.807, 2.05) is 0 Å². The number of anilines is 1. The quantitative estimate of drug-likeness (QED) is 0.692. The van der Waals surface area contributed by atoms with Gasteiger partial charge >= 0.3 is 5.69 Å². The third kappa shape index (κ3) is 3.32. The van der Waals surface area contributed by atoms with E-state index < -0.39 is 28.2 Å². The van der Waals surface area contributed by atoms with Gasteiger partial charge in [-0.25, -0.2) is 4.39 Å². The molecular formula is C13H7ClF2N2O3. The SMILES string of the molecule is O=C(Nc1ccc(Cl)c(F)c1)c1ccc(F)c([N+](=O)[O-])c1. The summed E-state index contributed by atoms with van der Waals surface area (Å²) in [6.07, 6.45) is 0. The van der Waals surface area contributed by atoms with Crippen molar-refractivity contribution in [1.29, 1.82) is 0 Å². The van der Waals surface area contributed by atoms with E-state index in [0.717, 1.165) is 24.3 Å². The third-order valence-corrected chi connectivity index (χ3v) is 2.89. The highest BCUT2D eigenvalue weighted by molar-refractivity contribution is 6.30. The Bertz CT molecular complexity index is 737. The molecule has 2 aromatic rings. The zero-order chi connectivity index (χ0) is 15.6. The fraction of sp³-hybridized carbons (Fsp3) is 0. The second-order valence-electron chi connectivity index (χ2n) is 4.01. The molecule has 0 saturated heterocycles. The van der Waals surface area contributed by atoms with Gasteiger partial charge in [0.25, 0.3) is 5.91 Å². The molecule has 2 rings (SSSR count). The lowest BCUT2D eigenvalue weighted by Gasteiger charge is -2.06. The Morgan fingerprint density at radius 2 is 1.86 bits per heavy atom. The largest absolute Gasteiger partial charge is 0.322 e. The minimum atomic E-state index is -1.05. The van der Waals surface area contributed by atoms with Crippen LogP contribution in [-0.4, -0.2) is 10.8 Å². The lowest BCUT2D eigenvalue weighted by Crippen LogP contribution is -2.12. The number of carbonyl (C=O) groups excluding carboxylic acids is 1. The maximum Gasteiger partial charge on any atom is 0.305 e. The van der Waals surface area contributed by atoms with Crippen molar-refractivity contribution < 1.29 is 18.5 Å². The molecule has 108 valence electrons. The third-order valence-electron chi connectivity index (χ3n) is 2.58. The van der Waals surface area contributed by atoms with E-state index in [-0.39, 0.29) is 16.3 Å². The molecule has 0 unspecified atom stereocenters. The average Bonchev–Trinajstić information content (AvgIpc) is 2.43. The van der Waals surface area contributed by atoms with Crippen molar-refractivity contribution in [2.45, 2.75) is 0 Å². The highest BCUT2D eigenvalue weighted by atomic mass is 35.5. The van der Waals surface area contributed by atoms with Crippen LogP contribution in [0, 0.1) is 21.7 Å². The lowest BCUT2D eigenvalue weighted by atomic mass is 10.1. The van der Waals surface area contributed by atoms with Gasteiger partial charge in [0.15, 0.2) is 0 Å². The van der Waals surface area contributed by atoms with Crippen molar-refractivity contribution >= 4 is 28.9 Å². The summed E-state index contributed by atoms with van der Waals surface area (Å²) in [5.41, 5.74) is -0.822. The van der Waals surface area contributed by atoms with Gasteiger partial charge in [-0.05, 0) is 30.3 Å². The summed E-state index contributed by atoms with van der Waals surface area (Å²) in [5, 5.41) is 12.8. The van der Waals surface area contributed by atoms with E-state index in [4.69, 9.17) is 11.6 Å². The van der Waals surface area contributed by atoms with Crippen LogP contribution in [0.1, 0.15) is 10.4 Å². The molecule has 0 radical (unpaired) electrons. The van der Waals surface area contributed by atoms with E-state index in [1.165, 1.54) is 12.1 Å². The number of hydrogen-bond donors (Lipinski definition) is 1. The van der Waals surface area contributed by atoms with Gasteiger partial charge in [0.2, 0.25) is 5.82 Å². The van der Waals surface area contributed by atoms with E-state index in [0.29, 0.717) is 0 Å². The average molecular weight is 313 g/mol. The monoisotopic (exact) mass is 312 g/mol. The maximum absolute atomic E-state index is 13.2. The Hall–Kier alpha value is -2.54. The summed E-state index contributed by atoms with van der Waals surface area (Å²) in [6.45, 7) is 0. The van der Waals surface area contributed by atoms with Crippen LogP contribution in [-0.2, 0) is 0 Å². The topological polar surface area (TPSA) is 72.2 Å². The van der Waals surface area contributed by atoms with Crippen LogP contribution in [0.15, 0.2) is 36.4 Å². The molecule has 0 aliphatic heterocycles. The predicted octanol–water partition coefficient (Wildman–Crippen LogP) is 3.78. The number of nitro benzene ring substituents is 1. The normalized spacial score (nSPS) is 10.2. The number of halogens is 3. The van der Waals surface area contributed by atoms with E-state index in [1.54, 1.807) is 0 Å². The van der Waals surface area contributed by atoms with Gasteiger partial charge in [-0.15, -0.1) is 0 Å². The summed E-state index contributed by atoms with van der Waals surface area (Å²) < 4.78 is 26.4. The highest BCUT2D eigenvalue weighted by Gasteiger charge is 2.17. The van der Waals surface area contributed by atoms with Gasteiger partial charge in [-0.1, -0.05) is 11.6 Å². The number of nitro groups is 1. The maximum atomic E-state index is 13.2. The van der Waals surface area contributed by atoms with Crippen LogP contribution in [0.3, 0.4) is 0 Å². The first-order chi connectivity index (χ1) is 9.88. The Labute approximate surface area is 122 Å². The van der Waals surface area contributed by atoms with Crippen molar-refractivity contribution in [3.05, 3.63) is 68.7 Å². The van der Waals surface area contributed by atoms with Gasteiger partial charge in [-0.3, -0.25) is 14.9 Å². The molecule has 21 heavy (non-hydrogen) atoms. The molecule has 1 N–H and O–H groups in total. The lowest BCUT2D eigenvalue weighted by molar-refractivity contribution is -0.387. The van der Waals surface area contributed by atoms with Gasteiger partial charge in [-0.2, -0.15) is 4.39 Å². The van der Waals surface area contributed by atoms with Crippen LogP contribution in [0.4, 0.5) is 20.2 Å². The summed E-state index contributed by atoms with van der Waals surface area (Å²) in [6, 6.07) is 6.31. The molecule has 0 atom stereocenters. The van der Waals surface area contributed by atoms with Gasteiger partial charge < -0.3 is 5.32 Å². The molecule has 0 heterocycles. The predicted molar refractivity (Wildman–Crippen MR) is 72.4 cm³/mol. The zero-order valence-corrected chi connectivity index (χ0v) is 11.0. The number of amides is 1. The fourth-order valence-corrected chi connectivity index (χ4v) is 1.69. The van der Waals surface area contributed by atoms with Crippen LogP contribution < -0.4 is 5.32 Å². The van der Waals surface area contributed by atoms with Crippen molar-refractivity contribution in [3.8, 4) is 0 Å². The summed E-state index contributed by atoms with van der Waals surface area (Å²) >= 11 is 5.50. The summed E-state index contributed by atoms with van der Waals surface area (Å²) in [7, 11) is 0. The molecule has 0 aromatic heterocycles. The Morgan fingerprint density at radius 3 is 2.48 bits per heavy atom. The van der Waals surface area contributed by atoms with Crippen LogP contribution >= 0.6 is 11.6 Å². The zero-order valence-electron chi connectivity index (χ0n) is 10.3. The Morgan fingerprint density at radius 1 is 1.14 bits per heavy atom. The molecular weight excluding hydrogens is 306 g/mol. The second-order valence-corrected chi connectivity index (χ2v) is 4.41. The minimum Gasteiger partial charge on any atom is -0.322 e. The van der Waals surface area contributed by atoms with E-state index >= 15 is 0 Å². The molecule has 0 aliphatic carbocycles. The first-order valence-corrected chi connectivity index (χ1v) is 5.96. The van der Waals surface area contributed by atoms with Crippen molar-refractivity contribution in [3.63, 3.8) is 0 Å². The standard InChI is InChI=1S/C13H7ClF2N2O3/c14-9-3-2-8(6-11(9)16)17-13(19)7-1-4-10(15)12(5-7)18(20)21/h1-6H,(H,17,19). The second kappa shape index (κ2) is 5.84. The molecule has 0 spiro atoms. The summed E-state index contributed by atoms with van der Waals surface area (Å²) in [4.78, 5) is 21.6. The summed E-state index contributed by atoms with van der Waals surface area (Å²) in [5.74, 6) is -2.51. The first-order valence-electron chi connectivity index (χ1n) is 5.59. The van der Waals surface area contributed by atoms with Crippen LogP contribution in [0.25, 0.3) is 0 Å². The molecule has 0 bridgehead atoms. The molecule has 8 heteroatoms. The number of hydrogen-bond acceptors (Lipinski definition) is 3. The van der Waals surface area contributed by atoms with E-state index in [9.17, 15) is 23.7 Å². The number of nitrogens with one attached hydrogen (secondary N) is 1. The fourth-order valence-electron chi connectivity index (χ4n) is 1.57. The first kappa shape index (κ1) is 14.9. The molecule has 2 aromatic carbocycles. The van der Waals surface area contributed by atoms with Crippen LogP contribution in [0.5, 0.6) is 0 Å². The number of nitrogens with zero attached hydrogens (tertiary/aromatic N) is 1. The van der Waals surface area contributed by atoms with E-state index in [2.05, 4.69) is 5.32 Å². The molecule has 5 nitrogen and oxygen atoms in total. The number of rotatable bonds is 3. The number of benzene rings is 2.